The predicted molar refractivity (Wildman–Crippen MR) is 64.1 cm³/mol. The molecule has 0 heterocycles. The lowest BCUT2D eigenvalue weighted by molar-refractivity contribution is 1.18. The van der Waals surface area contributed by atoms with Gasteiger partial charge in [0.15, 0.2) is 0 Å². The molecule has 0 fully saturated rings. The predicted octanol–water partition coefficient (Wildman–Crippen LogP) is 3.96. The molecule has 0 nitrogen and oxygen atoms in total. The minimum absolute atomic E-state index is 0.859. The summed E-state index contributed by atoms with van der Waals surface area (Å²) in [5.74, 6) is 0. The summed E-state index contributed by atoms with van der Waals surface area (Å²) in [6.07, 6.45) is 2.87. The maximum atomic E-state index is 5.99. The first-order valence-electron chi connectivity index (χ1n) is 3.74. The number of rotatable bonds is 3. The summed E-state index contributed by atoms with van der Waals surface area (Å²) in [6, 6.07) is 6.00. The van der Waals surface area contributed by atoms with Gasteiger partial charge in [-0.15, -0.1) is 0 Å². The molecule has 1 aromatic carbocycles. The first-order valence-corrected chi connectivity index (χ1v) is 5.65. The maximum Gasteiger partial charge on any atom is 0.0438 e. The van der Waals surface area contributed by atoms with E-state index in [0.717, 1.165) is 21.4 Å². The molecule has 0 saturated heterocycles. The lowest BCUT2D eigenvalue weighted by Crippen LogP contribution is -1.87. The Hall–Kier alpha value is -0.0200. The van der Waals surface area contributed by atoms with Gasteiger partial charge in [0.2, 0.25) is 0 Å². The zero-order chi connectivity index (χ0) is 8.97. The molecule has 64 valence electrons. The van der Waals surface area contributed by atoms with Crippen molar-refractivity contribution in [1.82, 2.24) is 0 Å². The summed E-state index contributed by atoms with van der Waals surface area (Å²) in [4.78, 5) is 0. The van der Waals surface area contributed by atoms with Crippen molar-refractivity contribution in [3.05, 3.63) is 40.9 Å². The van der Waals surface area contributed by atoms with E-state index in [1.54, 1.807) is 0 Å². The Labute approximate surface area is 91.8 Å². The van der Waals surface area contributed by atoms with Crippen LogP contribution >= 0.6 is 34.2 Å². The summed E-state index contributed by atoms with van der Waals surface area (Å²) < 4.78 is 1.10. The molecule has 0 amide bonds. The zero-order valence-electron chi connectivity index (χ0n) is 6.69. The molecule has 0 saturated carbocycles. The standard InChI is InChI=1S/C10H10ClI/c1-2-8-3-4-10(11)9(7-8)5-6-12/h2-4,7H,1,5-6H2. The topological polar surface area (TPSA) is 0 Å². The van der Waals surface area contributed by atoms with Gasteiger partial charge in [-0.05, 0) is 23.6 Å². The number of alkyl halides is 1. The largest absolute Gasteiger partial charge is 0.0985 e. The SMILES string of the molecule is C=Cc1ccc(Cl)c(CCI)c1. The Kier molecular flexibility index (Phi) is 4.09. The van der Waals surface area contributed by atoms with E-state index in [2.05, 4.69) is 35.2 Å². The van der Waals surface area contributed by atoms with E-state index in [0.29, 0.717) is 0 Å². The van der Waals surface area contributed by atoms with E-state index in [1.807, 2.05) is 18.2 Å². The average Bonchev–Trinajstić information content (AvgIpc) is 2.09. The van der Waals surface area contributed by atoms with Crippen molar-refractivity contribution in [2.45, 2.75) is 6.42 Å². The average molecular weight is 293 g/mol. The minimum atomic E-state index is 0.859. The molecule has 0 aliphatic rings. The van der Waals surface area contributed by atoms with E-state index in [4.69, 9.17) is 11.6 Å². The van der Waals surface area contributed by atoms with Crippen LogP contribution in [-0.2, 0) is 6.42 Å². The van der Waals surface area contributed by atoms with Crippen LogP contribution in [0.5, 0.6) is 0 Å². The third kappa shape index (κ3) is 2.49. The van der Waals surface area contributed by atoms with Crippen LogP contribution in [0.2, 0.25) is 5.02 Å². The molecule has 0 spiro atoms. The van der Waals surface area contributed by atoms with Crippen LogP contribution in [0.4, 0.5) is 0 Å². The monoisotopic (exact) mass is 292 g/mol. The van der Waals surface area contributed by atoms with Gasteiger partial charge < -0.3 is 0 Å². The molecule has 0 aromatic heterocycles. The highest BCUT2D eigenvalue weighted by Crippen LogP contribution is 2.19. The number of benzene rings is 1. The van der Waals surface area contributed by atoms with Crippen LogP contribution in [0.15, 0.2) is 24.8 Å². The number of hydrogen-bond acceptors (Lipinski definition) is 0. The van der Waals surface area contributed by atoms with E-state index >= 15 is 0 Å². The molecule has 1 aromatic rings. The fraction of sp³-hybridized carbons (Fsp3) is 0.200. The Morgan fingerprint density at radius 1 is 1.50 bits per heavy atom. The molecule has 0 N–H and O–H groups in total. The lowest BCUT2D eigenvalue weighted by atomic mass is 10.1. The van der Waals surface area contributed by atoms with Gasteiger partial charge in [-0.2, -0.15) is 0 Å². The molecule has 2 heteroatoms. The van der Waals surface area contributed by atoms with Crippen LogP contribution in [0.25, 0.3) is 6.08 Å². The minimum Gasteiger partial charge on any atom is -0.0985 e. The van der Waals surface area contributed by atoms with Crippen molar-refractivity contribution in [3.63, 3.8) is 0 Å². The van der Waals surface area contributed by atoms with E-state index in [9.17, 15) is 0 Å². The van der Waals surface area contributed by atoms with Gasteiger partial charge in [-0.25, -0.2) is 0 Å². The number of halogens is 2. The van der Waals surface area contributed by atoms with E-state index in [1.165, 1.54) is 5.56 Å². The third-order valence-electron chi connectivity index (χ3n) is 1.67. The zero-order valence-corrected chi connectivity index (χ0v) is 9.60. The quantitative estimate of drug-likeness (QED) is 0.584. The van der Waals surface area contributed by atoms with Gasteiger partial charge in [-0.1, -0.05) is 59.0 Å². The molecule has 12 heavy (non-hydrogen) atoms. The Balaban J connectivity index is 2.99. The van der Waals surface area contributed by atoms with Crippen molar-refractivity contribution < 1.29 is 0 Å². The van der Waals surface area contributed by atoms with Crippen LogP contribution in [0.1, 0.15) is 11.1 Å². The summed E-state index contributed by atoms with van der Waals surface area (Å²) in [5.41, 5.74) is 2.35. The van der Waals surface area contributed by atoms with Gasteiger partial charge in [0, 0.05) is 9.45 Å². The highest BCUT2D eigenvalue weighted by atomic mass is 127. The van der Waals surface area contributed by atoms with Crippen molar-refractivity contribution >= 4 is 40.3 Å². The second-order valence-electron chi connectivity index (χ2n) is 2.49. The smallest absolute Gasteiger partial charge is 0.0438 e. The number of aryl methyl sites for hydroxylation is 1. The second-order valence-corrected chi connectivity index (χ2v) is 3.98. The first kappa shape index (κ1) is 10.1. The molecule has 0 unspecified atom stereocenters. The Bertz CT molecular complexity index is 281. The van der Waals surface area contributed by atoms with Gasteiger partial charge >= 0.3 is 0 Å². The molecule has 0 aliphatic heterocycles. The fourth-order valence-corrected chi connectivity index (χ4v) is 1.81. The molecule has 0 atom stereocenters. The van der Waals surface area contributed by atoms with Crippen LogP contribution in [-0.4, -0.2) is 4.43 Å². The normalized spacial score (nSPS) is 9.83. The summed E-state index contributed by atoms with van der Waals surface area (Å²) >= 11 is 8.34. The van der Waals surface area contributed by atoms with Gasteiger partial charge in [-0.3, -0.25) is 0 Å². The van der Waals surface area contributed by atoms with Crippen LogP contribution < -0.4 is 0 Å². The second kappa shape index (κ2) is 4.87. The molecular weight excluding hydrogens is 282 g/mol. The first-order chi connectivity index (χ1) is 5.77. The highest BCUT2D eigenvalue weighted by molar-refractivity contribution is 14.1. The van der Waals surface area contributed by atoms with Crippen LogP contribution in [0, 0.1) is 0 Å². The van der Waals surface area contributed by atoms with Crippen molar-refractivity contribution in [2.75, 3.05) is 4.43 Å². The molecule has 1 rings (SSSR count). The molecule has 0 aliphatic carbocycles. The fourth-order valence-electron chi connectivity index (χ4n) is 1.02. The lowest BCUT2D eigenvalue weighted by Gasteiger charge is -2.02. The molecular formula is C10H10ClI. The van der Waals surface area contributed by atoms with E-state index in [-0.39, 0.29) is 0 Å². The van der Waals surface area contributed by atoms with Gasteiger partial charge in [0.1, 0.15) is 0 Å². The highest BCUT2D eigenvalue weighted by Gasteiger charge is 1.98. The Morgan fingerprint density at radius 2 is 2.25 bits per heavy atom. The van der Waals surface area contributed by atoms with Gasteiger partial charge in [0.05, 0.1) is 0 Å². The summed E-state index contributed by atoms with van der Waals surface area (Å²) in [5, 5.41) is 0.859. The summed E-state index contributed by atoms with van der Waals surface area (Å²) in [6.45, 7) is 3.72. The summed E-state index contributed by atoms with van der Waals surface area (Å²) in [7, 11) is 0. The van der Waals surface area contributed by atoms with Crippen molar-refractivity contribution in [1.29, 1.82) is 0 Å². The Morgan fingerprint density at radius 3 is 2.83 bits per heavy atom. The maximum absolute atomic E-state index is 5.99. The van der Waals surface area contributed by atoms with Crippen molar-refractivity contribution in [3.8, 4) is 0 Å². The molecule has 0 radical (unpaired) electrons. The van der Waals surface area contributed by atoms with E-state index < -0.39 is 0 Å². The van der Waals surface area contributed by atoms with Crippen LogP contribution in [0.3, 0.4) is 0 Å². The number of hydrogen-bond donors (Lipinski definition) is 0. The molecule has 0 bridgehead atoms. The van der Waals surface area contributed by atoms with Crippen molar-refractivity contribution in [2.24, 2.45) is 0 Å². The van der Waals surface area contributed by atoms with Gasteiger partial charge in [0.25, 0.3) is 0 Å². The third-order valence-corrected chi connectivity index (χ3v) is 2.58.